The maximum atomic E-state index is 5.15. The summed E-state index contributed by atoms with van der Waals surface area (Å²) in [7, 11) is 1.67. The molecule has 0 saturated heterocycles. The minimum Gasteiger partial charge on any atom is -0.497 e. The summed E-state index contributed by atoms with van der Waals surface area (Å²) in [6.07, 6.45) is 5.97. The van der Waals surface area contributed by atoms with Crippen molar-refractivity contribution in [2.75, 3.05) is 12.9 Å². The summed E-state index contributed by atoms with van der Waals surface area (Å²) in [6, 6.07) is 8.00. The molecule has 2 heteroatoms. The fourth-order valence-corrected chi connectivity index (χ4v) is 1.68. The molecule has 1 rings (SSSR count). The summed E-state index contributed by atoms with van der Waals surface area (Å²) < 4.78 is 5.05. The third-order valence-corrected chi connectivity index (χ3v) is 2.59. The van der Waals surface area contributed by atoms with Crippen LogP contribution in [0.2, 0.25) is 0 Å². The molecule has 0 bridgehead atoms. The van der Waals surface area contributed by atoms with Crippen molar-refractivity contribution in [1.82, 2.24) is 0 Å². The average Bonchev–Trinajstić information content (AvgIpc) is 2.19. The Kier molecular flexibility index (Phi) is 4.28. The molecular weight excluding hydrogens is 180 g/mol. The number of methoxy groups -OCH3 is 1. The first-order valence-electron chi connectivity index (χ1n) is 4.07. The molecule has 0 fully saturated rings. The van der Waals surface area contributed by atoms with Crippen LogP contribution in [0, 0.1) is 12.3 Å². The van der Waals surface area contributed by atoms with Crippen LogP contribution in [0.5, 0.6) is 5.75 Å². The van der Waals surface area contributed by atoms with Gasteiger partial charge in [-0.15, -0.1) is 24.1 Å². The van der Waals surface area contributed by atoms with Crippen molar-refractivity contribution in [3.8, 4) is 18.1 Å². The number of hydrogen-bond acceptors (Lipinski definition) is 2. The third kappa shape index (κ3) is 3.43. The van der Waals surface area contributed by atoms with E-state index in [1.807, 2.05) is 24.3 Å². The highest BCUT2D eigenvalue weighted by molar-refractivity contribution is 7.99. The molecule has 0 amide bonds. The number of terminal acetylenes is 1. The van der Waals surface area contributed by atoms with E-state index in [-0.39, 0.29) is 0 Å². The van der Waals surface area contributed by atoms with Gasteiger partial charge in [-0.25, -0.2) is 0 Å². The van der Waals surface area contributed by atoms with E-state index in [9.17, 15) is 0 Å². The topological polar surface area (TPSA) is 9.23 Å². The summed E-state index contributed by atoms with van der Waals surface area (Å²) in [5.74, 6) is 4.48. The van der Waals surface area contributed by atoms with Gasteiger partial charge in [-0.1, -0.05) is 0 Å². The smallest absolute Gasteiger partial charge is 0.118 e. The van der Waals surface area contributed by atoms with Crippen LogP contribution in [0.3, 0.4) is 0 Å². The molecular formula is C11H12OS. The van der Waals surface area contributed by atoms with Crippen molar-refractivity contribution in [3.05, 3.63) is 24.3 Å². The van der Waals surface area contributed by atoms with Gasteiger partial charge < -0.3 is 4.74 Å². The second kappa shape index (κ2) is 5.55. The second-order valence-corrected chi connectivity index (χ2v) is 3.65. The molecule has 0 aromatic heterocycles. The predicted molar refractivity (Wildman–Crippen MR) is 57.2 cm³/mol. The first-order chi connectivity index (χ1) is 6.36. The zero-order valence-corrected chi connectivity index (χ0v) is 8.43. The number of benzene rings is 1. The van der Waals surface area contributed by atoms with Gasteiger partial charge in [-0.2, -0.15) is 0 Å². The van der Waals surface area contributed by atoms with Crippen molar-refractivity contribution in [2.45, 2.75) is 11.3 Å². The molecule has 0 unspecified atom stereocenters. The Morgan fingerprint density at radius 1 is 1.38 bits per heavy atom. The standard InChI is InChI=1S/C11H12OS/c1-3-4-9-13-11-7-5-10(12-2)6-8-11/h1,5-8H,4,9H2,2H3. The molecule has 0 radical (unpaired) electrons. The van der Waals surface area contributed by atoms with Crippen molar-refractivity contribution in [3.63, 3.8) is 0 Å². The Morgan fingerprint density at radius 3 is 2.62 bits per heavy atom. The van der Waals surface area contributed by atoms with Gasteiger partial charge in [0.2, 0.25) is 0 Å². The maximum Gasteiger partial charge on any atom is 0.118 e. The lowest BCUT2D eigenvalue weighted by Crippen LogP contribution is -1.82. The van der Waals surface area contributed by atoms with Gasteiger partial charge in [0.1, 0.15) is 5.75 Å². The normalized spacial score (nSPS) is 9.23. The van der Waals surface area contributed by atoms with Crippen LogP contribution in [0.1, 0.15) is 6.42 Å². The number of hydrogen-bond donors (Lipinski definition) is 0. The monoisotopic (exact) mass is 192 g/mol. The average molecular weight is 192 g/mol. The van der Waals surface area contributed by atoms with Crippen LogP contribution in [0.25, 0.3) is 0 Å². The molecule has 0 aliphatic carbocycles. The lowest BCUT2D eigenvalue weighted by atomic mass is 10.3. The van der Waals surface area contributed by atoms with Crippen LogP contribution in [-0.2, 0) is 0 Å². The van der Waals surface area contributed by atoms with Crippen molar-refractivity contribution < 1.29 is 4.74 Å². The predicted octanol–water partition coefficient (Wildman–Crippen LogP) is 2.81. The van der Waals surface area contributed by atoms with E-state index in [2.05, 4.69) is 5.92 Å². The lowest BCUT2D eigenvalue weighted by molar-refractivity contribution is 0.414. The van der Waals surface area contributed by atoms with Crippen LogP contribution in [-0.4, -0.2) is 12.9 Å². The highest BCUT2D eigenvalue weighted by Crippen LogP contribution is 2.21. The van der Waals surface area contributed by atoms with E-state index in [0.717, 1.165) is 17.9 Å². The molecule has 0 aliphatic heterocycles. The molecule has 0 aliphatic rings. The number of thioether (sulfide) groups is 1. The summed E-state index contributed by atoms with van der Waals surface area (Å²) in [5, 5.41) is 0. The minimum atomic E-state index is 0.816. The van der Waals surface area contributed by atoms with E-state index in [1.165, 1.54) is 4.90 Å². The molecule has 0 atom stereocenters. The van der Waals surface area contributed by atoms with Gasteiger partial charge in [-0.05, 0) is 24.3 Å². The fourth-order valence-electron chi connectivity index (χ4n) is 0.900. The van der Waals surface area contributed by atoms with E-state index in [0.29, 0.717) is 0 Å². The van der Waals surface area contributed by atoms with Crippen molar-refractivity contribution in [1.29, 1.82) is 0 Å². The van der Waals surface area contributed by atoms with Gasteiger partial charge in [0, 0.05) is 17.1 Å². The summed E-state index contributed by atoms with van der Waals surface area (Å²) in [5.41, 5.74) is 0. The number of rotatable bonds is 4. The SMILES string of the molecule is C#CCCSc1ccc(OC)cc1. The Hall–Kier alpha value is -1.07. The first kappa shape index (κ1) is 10.0. The van der Waals surface area contributed by atoms with E-state index >= 15 is 0 Å². The van der Waals surface area contributed by atoms with Crippen LogP contribution >= 0.6 is 11.8 Å². The van der Waals surface area contributed by atoms with Crippen LogP contribution in [0.4, 0.5) is 0 Å². The molecule has 0 heterocycles. The Bertz CT molecular complexity index is 284. The number of ether oxygens (including phenoxy) is 1. The molecule has 1 aromatic rings. The van der Waals surface area contributed by atoms with E-state index in [1.54, 1.807) is 18.9 Å². The largest absolute Gasteiger partial charge is 0.497 e. The zero-order chi connectivity index (χ0) is 9.52. The van der Waals surface area contributed by atoms with E-state index in [4.69, 9.17) is 11.2 Å². The van der Waals surface area contributed by atoms with Crippen LogP contribution in [0.15, 0.2) is 29.2 Å². The summed E-state index contributed by atoms with van der Waals surface area (Å²) >= 11 is 1.77. The highest BCUT2D eigenvalue weighted by Gasteiger charge is 1.93. The third-order valence-electron chi connectivity index (χ3n) is 1.57. The van der Waals surface area contributed by atoms with Gasteiger partial charge in [0.15, 0.2) is 0 Å². The lowest BCUT2D eigenvalue weighted by Gasteiger charge is -2.01. The highest BCUT2D eigenvalue weighted by atomic mass is 32.2. The molecule has 13 heavy (non-hydrogen) atoms. The molecule has 0 spiro atoms. The Balaban J connectivity index is 2.45. The second-order valence-electron chi connectivity index (χ2n) is 2.48. The molecule has 1 aromatic carbocycles. The summed E-state index contributed by atoms with van der Waals surface area (Å²) in [6.45, 7) is 0. The van der Waals surface area contributed by atoms with Gasteiger partial charge in [0.05, 0.1) is 7.11 Å². The molecule has 68 valence electrons. The molecule has 0 saturated carbocycles. The maximum absolute atomic E-state index is 5.15. The fraction of sp³-hybridized carbons (Fsp3) is 0.273. The van der Waals surface area contributed by atoms with Crippen molar-refractivity contribution >= 4 is 11.8 Å². The Morgan fingerprint density at radius 2 is 2.08 bits per heavy atom. The zero-order valence-electron chi connectivity index (χ0n) is 7.62. The Labute approximate surface area is 83.5 Å². The first-order valence-corrected chi connectivity index (χ1v) is 5.05. The molecule has 1 nitrogen and oxygen atoms in total. The summed E-state index contributed by atoms with van der Waals surface area (Å²) in [4.78, 5) is 1.23. The molecule has 0 N–H and O–H groups in total. The van der Waals surface area contributed by atoms with Gasteiger partial charge in [-0.3, -0.25) is 0 Å². The van der Waals surface area contributed by atoms with Gasteiger partial charge >= 0.3 is 0 Å². The van der Waals surface area contributed by atoms with E-state index < -0.39 is 0 Å². The quantitative estimate of drug-likeness (QED) is 0.412. The van der Waals surface area contributed by atoms with Gasteiger partial charge in [0.25, 0.3) is 0 Å². The minimum absolute atomic E-state index is 0.816. The van der Waals surface area contributed by atoms with Crippen LogP contribution < -0.4 is 4.74 Å². The van der Waals surface area contributed by atoms with Crippen molar-refractivity contribution in [2.24, 2.45) is 0 Å².